The summed E-state index contributed by atoms with van der Waals surface area (Å²) in [5.41, 5.74) is 7.43. The molecule has 0 aromatic carbocycles. The van der Waals surface area contributed by atoms with Gasteiger partial charge in [-0.2, -0.15) is 0 Å². The number of thiocarbonyl (C=S) groups is 1. The zero-order chi connectivity index (χ0) is 12.8. The van der Waals surface area contributed by atoms with E-state index in [0.29, 0.717) is 4.99 Å². The molecule has 0 aliphatic carbocycles. The lowest BCUT2D eigenvalue weighted by Gasteiger charge is -2.16. The molecule has 3 N–H and O–H groups in total. The minimum atomic E-state index is 0.379. The van der Waals surface area contributed by atoms with Gasteiger partial charge in [0.1, 0.15) is 10.8 Å². The van der Waals surface area contributed by atoms with Crippen LogP contribution in [0.2, 0.25) is 0 Å². The van der Waals surface area contributed by atoms with Crippen LogP contribution >= 0.6 is 12.2 Å². The van der Waals surface area contributed by atoms with Crippen LogP contribution in [0, 0.1) is 6.92 Å². The van der Waals surface area contributed by atoms with Crippen LogP contribution in [0.3, 0.4) is 0 Å². The number of pyridine rings is 1. The van der Waals surface area contributed by atoms with Gasteiger partial charge in [-0.3, -0.25) is 0 Å². The molecular formula is C12H20N4S. The zero-order valence-electron chi connectivity index (χ0n) is 10.7. The molecular weight excluding hydrogens is 232 g/mol. The highest BCUT2D eigenvalue weighted by molar-refractivity contribution is 7.80. The molecule has 0 aliphatic heterocycles. The summed E-state index contributed by atoms with van der Waals surface area (Å²) in [6.45, 7) is 6.91. The summed E-state index contributed by atoms with van der Waals surface area (Å²) in [5, 5.41) is 3.28. The number of hydrogen-bond donors (Lipinski definition) is 2. The topological polar surface area (TPSA) is 54.2 Å². The first-order valence-electron chi connectivity index (χ1n) is 5.74. The Hall–Kier alpha value is -1.20. The van der Waals surface area contributed by atoms with E-state index in [1.165, 1.54) is 0 Å². The third-order valence-electron chi connectivity index (χ3n) is 2.63. The molecule has 1 aromatic rings. The molecule has 0 aliphatic rings. The molecule has 1 aromatic heterocycles. The summed E-state index contributed by atoms with van der Waals surface area (Å²) >= 11 is 5.01. The van der Waals surface area contributed by atoms with Crippen molar-refractivity contribution >= 4 is 23.0 Å². The van der Waals surface area contributed by atoms with E-state index in [1.54, 1.807) is 0 Å². The van der Waals surface area contributed by atoms with Gasteiger partial charge in [0.05, 0.1) is 5.56 Å². The van der Waals surface area contributed by atoms with E-state index in [9.17, 15) is 0 Å². The second-order valence-electron chi connectivity index (χ2n) is 4.04. The van der Waals surface area contributed by atoms with Gasteiger partial charge in [-0.1, -0.05) is 19.1 Å². The van der Waals surface area contributed by atoms with Crippen molar-refractivity contribution in [2.24, 2.45) is 5.73 Å². The van der Waals surface area contributed by atoms with E-state index in [4.69, 9.17) is 18.0 Å². The fourth-order valence-electron chi connectivity index (χ4n) is 1.41. The molecule has 0 spiro atoms. The summed E-state index contributed by atoms with van der Waals surface area (Å²) in [5.74, 6) is 0.780. The van der Waals surface area contributed by atoms with Crippen LogP contribution in [0.4, 0.5) is 5.82 Å². The van der Waals surface area contributed by atoms with Gasteiger partial charge >= 0.3 is 0 Å². The van der Waals surface area contributed by atoms with Gasteiger partial charge in [-0.15, -0.1) is 0 Å². The monoisotopic (exact) mass is 252 g/mol. The van der Waals surface area contributed by atoms with Crippen molar-refractivity contribution in [3.8, 4) is 0 Å². The lowest BCUT2D eigenvalue weighted by atomic mass is 10.2. The van der Waals surface area contributed by atoms with Crippen molar-refractivity contribution in [1.29, 1.82) is 0 Å². The van der Waals surface area contributed by atoms with Crippen molar-refractivity contribution in [2.75, 3.05) is 32.0 Å². The van der Waals surface area contributed by atoms with Gasteiger partial charge in [-0.05, 0) is 32.6 Å². The molecule has 0 radical (unpaired) electrons. The molecule has 0 amide bonds. The molecule has 17 heavy (non-hydrogen) atoms. The molecule has 94 valence electrons. The fraction of sp³-hybridized carbons (Fsp3) is 0.500. The Labute approximate surface area is 108 Å². The lowest BCUT2D eigenvalue weighted by Crippen LogP contribution is -2.26. The summed E-state index contributed by atoms with van der Waals surface area (Å²) in [6.07, 6.45) is 0. The van der Waals surface area contributed by atoms with E-state index in [0.717, 1.165) is 36.7 Å². The molecule has 0 atom stereocenters. The Bertz CT molecular complexity index is 392. The average Bonchev–Trinajstić information content (AvgIpc) is 2.28. The summed E-state index contributed by atoms with van der Waals surface area (Å²) in [4.78, 5) is 7.02. The van der Waals surface area contributed by atoms with Crippen molar-refractivity contribution < 1.29 is 0 Å². The third kappa shape index (κ3) is 4.28. The Morgan fingerprint density at radius 3 is 2.82 bits per heavy atom. The van der Waals surface area contributed by atoms with E-state index in [-0.39, 0.29) is 0 Å². The zero-order valence-corrected chi connectivity index (χ0v) is 11.5. The normalized spacial score (nSPS) is 10.6. The van der Waals surface area contributed by atoms with Crippen molar-refractivity contribution in [2.45, 2.75) is 13.8 Å². The minimum absolute atomic E-state index is 0.379. The predicted octanol–water partition coefficient (Wildman–Crippen LogP) is 1.39. The summed E-state index contributed by atoms with van der Waals surface area (Å²) < 4.78 is 0. The maximum atomic E-state index is 5.66. The van der Waals surface area contributed by atoms with Crippen molar-refractivity contribution in [1.82, 2.24) is 9.88 Å². The molecule has 0 saturated carbocycles. The number of hydrogen-bond acceptors (Lipinski definition) is 4. The van der Waals surface area contributed by atoms with Gasteiger partial charge in [0.25, 0.3) is 0 Å². The Morgan fingerprint density at radius 2 is 2.24 bits per heavy atom. The molecule has 4 nitrogen and oxygen atoms in total. The van der Waals surface area contributed by atoms with Crippen LogP contribution in [-0.4, -0.2) is 41.6 Å². The van der Waals surface area contributed by atoms with E-state index < -0.39 is 0 Å². The van der Waals surface area contributed by atoms with Gasteiger partial charge in [0, 0.05) is 18.8 Å². The highest BCUT2D eigenvalue weighted by atomic mass is 32.1. The SMILES string of the molecule is CCN(C)CCNc1nc(C)ccc1C(N)=S. The van der Waals surface area contributed by atoms with Gasteiger partial charge in [-0.25, -0.2) is 4.98 Å². The first-order valence-corrected chi connectivity index (χ1v) is 6.15. The summed E-state index contributed by atoms with van der Waals surface area (Å²) in [6, 6.07) is 3.83. The lowest BCUT2D eigenvalue weighted by molar-refractivity contribution is 0.367. The van der Waals surface area contributed by atoms with Crippen LogP contribution < -0.4 is 11.1 Å². The first-order chi connectivity index (χ1) is 8.04. The number of nitrogens with zero attached hydrogens (tertiary/aromatic N) is 2. The second kappa shape index (κ2) is 6.51. The largest absolute Gasteiger partial charge is 0.389 e. The Kier molecular flexibility index (Phi) is 5.31. The second-order valence-corrected chi connectivity index (χ2v) is 4.48. The number of rotatable bonds is 6. The quantitative estimate of drug-likeness (QED) is 0.749. The number of likely N-dealkylation sites (N-methyl/N-ethyl adjacent to an activating group) is 1. The number of aryl methyl sites for hydroxylation is 1. The van der Waals surface area contributed by atoms with Crippen LogP contribution in [-0.2, 0) is 0 Å². The van der Waals surface area contributed by atoms with Crippen LogP contribution in [0.5, 0.6) is 0 Å². The van der Waals surface area contributed by atoms with Crippen LogP contribution in [0.1, 0.15) is 18.2 Å². The molecule has 0 unspecified atom stereocenters. The molecule has 1 heterocycles. The van der Waals surface area contributed by atoms with Crippen molar-refractivity contribution in [3.63, 3.8) is 0 Å². The minimum Gasteiger partial charge on any atom is -0.389 e. The number of nitrogens with two attached hydrogens (primary N) is 1. The standard InChI is InChI=1S/C12H20N4S/c1-4-16(3)8-7-14-12-10(11(13)17)6-5-9(2)15-12/h5-6H,4,7-8H2,1-3H3,(H2,13,17)(H,14,15). The molecule has 5 heteroatoms. The smallest absolute Gasteiger partial charge is 0.136 e. The van der Waals surface area contributed by atoms with Gasteiger partial charge in [0.2, 0.25) is 0 Å². The average molecular weight is 252 g/mol. The Balaban J connectivity index is 2.68. The molecule has 1 rings (SSSR count). The van der Waals surface area contributed by atoms with E-state index >= 15 is 0 Å². The number of aromatic nitrogens is 1. The number of anilines is 1. The highest BCUT2D eigenvalue weighted by Gasteiger charge is 2.06. The third-order valence-corrected chi connectivity index (χ3v) is 2.85. The number of nitrogens with one attached hydrogen (secondary N) is 1. The van der Waals surface area contributed by atoms with E-state index in [2.05, 4.69) is 29.2 Å². The van der Waals surface area contributed by atoms with Gasteiger partial charge < -0.3 is 16.0 Å². The van der Waals surface area contributed by atoms with E-state index in [1.807, 2.05) is 19.1 Å². The fourth-order valence-corrected chi connectivity index (χ4v) is 1.58. The highest BCUT2D eigenvalue weighted by Crippen LogP contribution is 2.12. The maximum Gasteiger partial charge on any atom is 0.136 e. The van der Waals surface area contributed by atoms with Gasteiger partial charge in [0.15, 0.2) is 0 Å². The maximum absolute atomic E-state index is 5.66. The Morgan fingerprint density at radius 1 is 1.53 bits per heavy atom. The van der Waals surface area contributed by atoms with Crippen molar-refractivity contribution in [3.05, 3.63) is 23.4 Å². The van der Waals surface area contributed by atoms with Crippen LogP contribution in [0.15, 0.2) is 12.1 Å². The first kappa shape index (κ1) is 13.9. The molecule has 0 fully saturated rings. The molecule has 0 bridgehead atoms. The summed E-state index contributed by atoms with van der Waals surface area (Å²) in [7, 11) is 2.08. The predicted molar refractivity (Wildman–Crippen MR) is 76.5 cm³/mol. The molecule has 0 saturated heterocycles. The van der Waals surface area contributed by atoms with Crippen LogP contribution in [0.25, 0.3) is 0 Å².